The van der Waals surface area contributed by atoms with Crippen LogP contribution in [0.4, 0.5) is 5.69 Å². The normalized spacial score (nSPS) is 23.2. The first kappa shape index (κ1) is 14.8. The Kier molecular flexibility index (Phi) is 3.73. The van der Waals surface area contributed by atoms with Crippen molar-refractivity contribution in [3.8, 4) is 0 Å². The van der Waals surface area contributed by atoms with E-state index < -0.39 is 5.92 Å². The summed E-state index contributed by atoms with van der Waals surface area (Å²) in [5, 5.41) is 0. The van der Waals surface area contributed by atoms with Crippen molar-refractivity contribution in [1.29, 1.82) is 0 Å². The topological polar surface area (TPSA) is 51.4 Å². The first-order valence-corrected chi connectivity index (χ1v) is 8.30. The number of hydrogen-bond donors (Lipinski definition) is 1. The third-order valence-electron chi connectivity index (χ3n) is 4.89. The molecule has 24 heavy (non-hydrogen) atoms. The van der Waals surface area contributed by atoms with E-state index in [0.717, 1.165) is 17.7 Å². The number of piperidine rings is 1. The molecule has 4 nitrogen and oxygen atoms in total. The highest BCUT2D eigenvalue weighted by Gasteiger charge is 2.44. The van der Waals surface area contributed by atoms with Gasteiger partial charge in [-0.25, -0.2) is 4.99 Å². The van der Waals surface area contributed by atoms with E-state index in [-0.39, 0.29) is 17.7 Å². The Balaban J connectivity index is 1.60. The van der Waals surface area contributed by atoms with E-state index in [2.05, 4.69) is 11.1 Å². The second kappa shape index (κ2) is 6.04. The number of ketones is 1. The van der Waals surface area contributed by atoms with Gasteiger partial charge < -0.3 is 4.90 Å². The van der Waals surface area contributed by atoms with Gasteiger partial charge in [0.15, 0.2) is 17.9 Å². The third-order valence-corrected chi connectivity index (χ3v) is 4.89. The lowest BCUT2D eigenvalue weighted by molar-refractivity contribution is -0.350. The van der Waals surface area contributed by atoms with Gasteiger partial charge in [-0.3, -0.25) is 9.59 Å². The zero-order valence-electron chi connectivity index (χ0n) is 13.3. The van der Waals surface area contributed by atoms with E-state index in [1.165, 1.54) is 5.56 Å². The van der Waals surface area contributed by atoms with Gasteiger partial charge in [-0.05, 0) is 17.5 Å². The molecular weight excluding hydrogens is 300 g/mol. The molecule has 4 heteroatoms. The molecule has 1 unspecified atom stereocenters. The number of carbonyl (C=O) groups excluding carboxylic acids is 2. The summed E-state index contributed by atoms with van der Waals surface area (Å²) in [6.45, 7) is 0.684. The number of nitrogens with zero attached hydrogens (tertiary/aromatic N) is 1. The number of nitrogens with one attached hydrogen (secondary N) is 1. The molecule has 0 radical (unpaired) electrons. The summed E-state index contributed by atoms with van der Waals surface area (Å²) in [4.78, 5) is 30.4. The van der Waals surface area contributed by atoms with Crippen molar-refractivity contribution in [1.82, 2.24) is 4.90 Å². The molecule has 2 aromatic rings. The second-order valence-corrected chi connectivity index (χ2v) is 6.32. The predicted octanol–water partition coefficient (Wildman–Crippen LogP) is 1.18. The van der Waals surface area contributed by atoms with Crippen LogP contribution >= 0.6 is 0 Å². The van der Waals surface area contributed by atoms with Gasteiger partial charge in [0, 0.05) is 25.1 Å². The van der Waals surface area contributed by atoms with E-state index in [9.17, 15) is 9.59 Å². The molecule has 0 aromatic heterocycles. The van der Waals surface area contributed by atoms with Crippen molar-refractivity contribution in [3.63, 3.8) is 0 Å². The van der Waals surface area contributed by atoms with Crippen LogP contribution in [0.3, 0.4) is 0 Å². The van der Waals surface area contributed by atoms with E-state index in [0.29, 0.717) is 13.0 Å². The Morgan fingerprint density at radius 3 is 2.58 bits per heavy atom. The standard InChI is InChI=1S/C20H18N2O2/c23-19-12-18-16-9-5-4-6-14(16)10-11-22(18)20(24)17(19)13-21-15-7-2-1-3-8-15/h1-9,13,17-18H,10-12H2/p+1/t17?,18-/m1/s1. The summed E-state index contributed by atoms with van der Waals surface area (Å²) in [5.74, 6) is -0.803. The van der Waals surface area contributed by atoms with E-state index >= 15 is 0 Å². The maximum Gasteiger partial charge on any atom is 0.243 e. The molecule has 2 aliphatic rings. The van der Waals surface area contributed by atoms with Crippen LogP contribution in [-0.4, -0.2) is 29.3 Å². The van der Waals surface area contributed by atoms with Gasteiger partial charge in [0.25, 0.3) is 0 Å². The maximum absolute atomic E-state index is 12.8. The number of rotatable bonds is 2. The molecule has 2 aliphatic heterocycles. The lowest BCUT2D eigenvalue weighted by Crippen LogP contribution is -2.65. The molecule has 1 saturated heterocycles. The van der Waals surface area contributed by atoms with Crippen LogP contribution in [0.25, 0.3) is 0 Å². The average molecular weight is 319 g/mol. The fraction of sp³-hybridized carbons (Fsp3) is 0.250. The van der Waals surface area contributed by atoms with Crippen LogP contribution in [0.1, 0.15) is 23.6 Å². The maximum atomic E-state index is 12.8. The molecule has 4 rings (SSSR count). The Morgan fingerprint density at radius 2 is 1.75 bits per heavy atom. The summed E-state index contributed by atoms with van der Waals surface area (Å²) >= 11 is 0. The fourth-order valence-corrected chi connectivity index (χ4v) is 3.65. The average Bonchev–Trinajstić information content (AvgIpc) is 2.62. The van der Waals surface area contributed by atoms with Crippen molar-refractivity contribution in [2.24, 2.45) is 5.92 Å². The molecule has 2 aromatic carbocycles. The number of para-hydroxylation sites is 1. The number of amides is 1. The number of Topliss-reactive ketones (excluding diaryl/α,β-unsaturated/α-hetero) is 1. The Bertz CT molecular complexity index is 813. The first-order chi connectivity index (χ1) is 11.7. The minimum Gasteiger partial charge on any atom is -0.334 e. The van der Waals surface area contributed by atoms with Crippen molar-refractivity contribution >= 4 is 23.6 Å². The summed E-state index contributed by atoms with van der Waals surface area (Å²) in [7, 11) is 0. The second-order valence-electron chi connectivity index (χ2n) is 6.32. The summed E-state index contributed by atoms with van der Waals surface area (Å²) in [6.07, 6.45) is 2.88. The van der Waals surface area contributed by atoms with E-state index in [1.54, 1.807) is 6.21 Å². The van der Waals surface area contributed by atoms with Crippen LogP contribution in [0.5, 0.6) is 0 Å². The minimum atomic E-state index is -0.702. The van der Waals surface area contributed by atoms with Crippen LogP contribution in [-0.2, 0) is 16.0 Å². The highest BCUT2D eigenvalue weighted by molar-refractivity contribution is 6.14. The molecule has 0 bridgehead atoms. The van der Waals surface area contributed by atoms with Crippen molar-refractivity contribution in [3.05, 3.63) is 65.7 Å². The molecule has 0 aliphatic carbocycles. The van der Waals surface area contributed by atoms with Gasteiger partial charge in [-0.2, -0.15) is 0 Å². The number of benzene rings is 2. The molecule has 0 spiro atoms. The van der Waals surface area contributed by atoms with Crippen LogP contribution in [0, 0.1) is 5.92 Å². The Morgan fingerprint density at radius 1 is 1.00 bits per heavy atom. The third kappa shape index (κ3) is 2.54. The Labute approximate surface area is 140 Å². The summed E-state index contributed by atoms with van der Waals surface area (Å²) in [5.41, 5.74) is 3.26. The van der Waals surface area contributed by atoms with E-state index in [4.69, 9.17) is 0 Å². The molecular formula is C20H19N2O2+. The molecule has 1 fully saturated rings. The highest BCUT2D eigenvalue weighted by Crippen LogP contribution is 2.36. The first-order valence-electron chi connectivity index (χ1n) is 8.30. The van der Waals surface area contributed by atoms with Gasteiger partial charge in [0.1, 0.15) is 0 Å². The molecule has 0 saturated carbocycles. The van der Waals surface area contributed by atoms with Crippen molar-refractivity contribution in [2.75, 3.05) is 6.54 Å². The quantitative estimate of drug-likeness (QED) is 0.668. The zero-order valence-corrected chi connectivity index (χ0v) is 13.3. The van der Waals surface area contributed by atoms with Gasteiger partial charge in [-0.1, -0.05) is 42.5 Å². The monoisotopic (exact) mass is 319 g/mol. The van der Waals surface area contributed by atoms with Crippen LogP contribution in [0.15, 0.2) is 54.6 Å². The number of hydrogen-bond acceptors (Lipinski definition) is 2. The highest BCUT2D eigenvalue weighted by atomic mass is 16.2. The van der Waals surface area contributed by atoms with Gasteiger partial charge in [0.2, 0.25) is 11.6 Å². The molecule has 2 atom stereocenters. The molecule has 120 valence electrons. The number of carbonyl (C=O) groups is 2. The van der Waals surface area contributed by atoms with Crippen LogP contribution < -0.4 is 4.99 Å². The largest absolute Gasteiger partial charge is 0.334 e. The number of fused-ring (bicyclic) bond motifs is 3. The lowest BCUT2D eigenvalue weighted by Gasteiger charge is -2.41. The van der Waals surface area contributed by atoms with Gasteiger partial charge >= 0.3 is 0 Å². The zero-order chi connectivity index (χ0) is 16.5. The SMILES string of the molecule is O=C1C[C@@H]2c3ccccc3CCN2C(=O)C1C=[NH+]c1ccccc1. The summed E-state index contributed by atoms with van der Waals surface area (Å²) in [6, 6.07) is 17.6. The van der Waals surface area contributed by atoms with Crippen molar-refractivity contribution < 1.29 is 14.6 Å². The summed E-state index contributed by atoms with van der Waals surface area (Å²) < 4.78 is 0. The van der Waals surface area contributed by atoms with Gasteiger partial charge in [0.05, 0.1) is 6.04 Å². The minimum absolute atomic E-state index is 0.0126. The van der Waals surface area contributed by atoms with E-state index in [1.807, 2.05) is 53.4 Å². The molecule has 2 heterocycles. The lowest BCUT2D eigenvalue weighted by atomic mass is 9.82. The Hall–Kier alpha value is -2.75. The van der Waals surface area contributed by atoms with Crippen LogP contribution in [0.2, 0.25) is 0 Å². The fourth-order valence-electron chi connectivity index (χ4n) is 3.65. The van der Waals surface area contributed by atoms with Crippen molar-refractivity contribution in [2.45, 2.75) is 18.9 Å². The van der Waals surface area contributed by atoms with Gasteiger partial charge in [-0.15, -0.1) is 0 Å². The smallest absolute Gasteiger partial charge is 0.243 e. The molecule has 1 N–H and O–H groups in total. The molecule has 1 amide bonds. The predicted molar refractivity (Wildman–Crippen MR) is 90.8 cm³/mol.